The first kappa shape index (κ1) is 13.2. The molecular weight excluding hydrogens is 196 g/mol. The first-order valence-electron chi connectivity index (χ1n) is 6.35. The van der Waals surface area contributed by atoms with Gasteiger partial charge in [-0.05, 0) is 36.7 Å². The van der Waals surface area contributed by atoms with E-state index < -0.39 is 0 Å². The molecule has 0 heterocycles. The van der Waals surface area contributed by atoms with Gasteiger partial charge in [0.25, 0.3) is 0 Å². The number of unbranched alkanes of at least 4 members (excludes halogenated alkanes) is 1. The van der Waals surface area contributed by atoms with Crippen molar-refractivity contribution in [1.82, 2.24) is 0 Å². The Labute approximate surface area is 99.5 Å². The van der Waals surface area contributed by atoms with Crippen molar-refractivity contribution < 1.29 is 5.11 Å². The normalized spacial score (nSPS) is 14.7. The quantitative estimate of drug-likeness (QED) is 0.693. The summed E-state index contributed by atoms with van der Waals surface area (Å²) in [5.74, 6) is 0. The summed E-state index contributed by atoms with van der Waals surface area (Å²) < 4.78 is 0. The Morgan fingerprint density at radius 2 is 1.81 bits per heavy atom. The molecule has 0 aliphatic rings. The number of aliphatic hydroxyl groups is 1. The van der Waals surface area contributed by atoms with E-state index >= 15 is 0 Å². The predicted molar refractivity (Wildman–Crippen MR) is 69.5 cm³/mol. The van der Waals surface area contributed by atoms with Gasteiger partial charge in [0, 0.05) is 6.61 Å². The molecule has 0 aromatic heterocycles. The minimum atomic E-state index is 0.136. The molecule has 1 N–H and O–H groups in total. The molecule has 1 rings (SSSR count). The largest absolute Gasteiger partial charge is 0.396 e. The molecule has 16 heavy (non-hydrogen) atoms. The molecule has 0 radical (unpaired) electrons. The van der Waals surface area contributed by atoms with E-state index in [9.17, 15) is 5.11 Å². The molecule has 0 fully saturated rings. The Balaban J connectivity index is 2.22. The van der Waals surface area contributed by atoms with Crippen molar-refractivity contribution in [3.8, 4) is 0 Å². The standard InChI is InChI=1S/C15H24O/c1-3-15(2,13-16)12-8-7-11-14-9-5-4-6-10-14/h4-6,9-10,16H,3,7-8,11-13H2,1-2H3/t15-/m1/s1. The second-order valence-electron chi connectivity index (χ2n) is 5.02. The molecule has 0 saturated carbocycles. The van der Waals surface area contributed by atoms with Crippen molar-refractivity contribution in [3.05, 3.63) is 35.9 Å². The van der Waals surface area contributed by atoms with E-state index in [0.717, 1.165) is 19.3 Å². The van der Waals surface area contributed by atoms with E-state index in [4.69, 9.17) is 0 Å². The predicted octanol–water partition coefficient (Wildman–Crippen LogP) is 3.81. The summed E-state index contributed by atoms with van der Waals surface area (Å²) >= 11 is 0. The highest BCUT2D eigenvalue weighted by Crippen LogP contribution is 2.27. The summed E-state index contributed by atoms with van der Waals surface area (Å²) in [6.45, 7) is 4.65. The zero-order chi connectivity index (χ0) is 11.9. The Bertz CT molecular complexity index is 275. The molecule has 0 bridgehead atoms. The topological polar surface area (TPSA) is 20.2 Å². The Hall–Kier alpha value is -0.820. The summed E-state index contributed by atoms with van der Waals surface area (Å²) in [5, 5.41) is 9.30. The van der Waals surface area contributed by atoms with Crippen molar-refractivity contribution in [2.24, 2.45) is 5.41 Å². The summed E-state index contributed by atoms with van der Waals surface area (Å²) in [5.41, 5.74) is 1.56. The molecule has 1 aromatic rings. The van der Waals surface area contributed by atoms with Gasteiger partial charge in [-0.1, -0.05) is 50.6 Å². The third-order valence-electron chi connectivity index (χ3n) is 3.57. The number of aliphatic hydroxyl groups excluding tert-OH is 1. The second kappa shape index (κ2) is 6.70. The number of hydrogen-bond acceptors (Lipinski definition) is 1. The van der Waals surface area contributed by atoms with Gasteiger partial charge in [-0.2, -0.15) is 0 Å². The summed E-state index contributed by atoms with van der Waals surface area (Å²) in [4.78, 5) is 0. The smallest absolute Gasteiger partial charge is 0.0484 e. The first-order chi connectivity index (χ1) is 7.70. The van der Waals surface area contributed by atoms with Crippen LogP contribution >= 0.6 is 0 Å². The Kier molecular flexibility index (Phi) is 5.54. The average molecular weight is 220 g/mol. The van der Waals surface area contributed by atoms with E-state index in [1.165, 1.54) is 18.4 Å². The van der Waals surface area contributed by atoms with Crippen molar-refractivity contribution in [3.63, 3.8) is 0 Å². The Morgan fingerprint density at radius 1 is 1.12 bits per heavy atom. The number of rotatable bonds is 7. The lowest BCUT2D eigenvalue weighted by atomic mass is 9.83. The molecule has 0 spiro atoms. The van der Waals surface area contributed by atoms with Gasteiger partial charge >= 0.3 is 0 Å². The maximum absolute atomic E-state index is 9.30. The van der Waals surface area contributed by atoms with Gasteiger partial charge in [-0.15, -0.1) is 0 Å². The molecule has 0 amide bonds. The van der Waals surface area contributed by atoms with Crippen LogP contribution in [0.2, 0.25) is 0 Å². The highest BCUT2D eigenvalue weighted by atomic mass is 16.3. The molecule has 0 saturated heterocycles. The minimum absolute atomic E-state index is 0.136. The van der Waals surface area contributed by atoms with E-state index in [0.29, 0.717) is 6.61 Å². The van der Waals surface area contributed by atoms with Gasteiger partial charge in [0.1, 0.15) is 0 Å². The summed E-state index contributed by atoms with van der Waals surface area (Å²) in [7, 11) is 0. The first-order valence-corrected chi connectivity index (χ1v) is 6.35. The number of benzene rings is 1. The van der Waals surface area contributed by atoms with Crippen LogP contribution in [0.5, 0.6) is 0 Å². The Morgan fingerprint density at radius 3 is 2.38 bits per heavy atom. The van der Waals surface area contributed by atoms with E-state index in [2.05, 4.69) is 44.2 Å². The maximum atomic E-state index is 9.30. The van der Waals surface area contributed by atoms with Gasteiger partial charge in [-0.3, -0.25) is 0 Å². The van der Waals surface area contributed by atoms with Crippen LogP contribution in [0.3, 0.4) is 0 Å². The fourth-order valence-electron chi connectivity index (χ4n) is 1.89. The third kappa shape index (κ3) is 4.36. The number of aryl methyl sites for hydroxylation is 1. The van der Waals surface area contributed by atoms with E-state index in [-0.39, 0.29) is 5.41 Å². The van der Waals surface area contributed by atoms with Gasteiger partial charge in [0.05, 0.1) is 0 Å². The van der Waals surface area contributed by atoms with Crippen molar-refractivity contribution in [1.29, 1.82) is 0 Å². The summed E-state index contributed by atoms with van der Waals surface area (Å²) in [6, 6.07) is 10.6. The molecule has 1 aromatic carbocycles. The molecule has 1 atom stereocenters. The van der Waals surface area contributed by atoms with Crippen LogP contribution in [0.25, 0.3) is 0 Å². The maximum Gasteiger partial charge on any atom is 0.0484 e. The molecule has 0 aliphatic carbocycles. The van der Waals surface area contributed by atoms with E-state index in [1.807, 2.05) is 0 Å². The number of hydrogen-bond donors (Lipinski definition) is 1. The van der Waals surface area contributed by atoms with Crippen LogP contribution in [-0.2, 0) is 6.42 Å². The highest BCUT2D eigenvalue weighted by molar-refractivity contribution is 5.14. The van der Waals surface area contributed by atoms with Crippen LogP contribution < -0.4 is 0 Å². The van der Waals surface area contributed by atoms with Gasteiger partial charge in [0.2, 0.25) is 0 Å². The molecule has 0 aliphatic heterocycles. The lowest BCUT2D eigenvalue weighted by molar-refractivity contribution is 0.125. The van der Waals surface area contributed by atoms with Gasteiger partial charge in [-0.25, -0.2) is 0 Å². The van der Waals surface area contributed by atoms with Gasteiger partial charge in [0.15, 0.2) is 0 Å². The second-order valence-corrected chi connectivity index (χ2v) is 5.02. The van der Waals surface area contributed by atoms with Crippen LogP contribution in [0.4, 0.5) is 0 Å². The SMILES string of the molecule is CC[C@@](C)(CO)CCCCc1ccccc1. The lowest BCUT2D eigenvalue weighted by Crippen LogP contribution is -2.20. The zero-order valence-electron chi connectivity index (χ0n) is 10.6. The summed E-state index contributed by atoms with van der Waals surface area (Å²) in [6.07, 6.45) is 5.78. The molecule has 90 valence electrons. The van der Waals surface area contributed by atoms with Crippen molar-refractivity contribution in [2.75, 3.05) is 6.61 Å². The fourth-order valence-corrected chi connectivity index (χ4v) is 1.89. The minimum Gasteiger partial charge on any atom is -0.396 e. The van der Waals surface area contributed by atoms with Crippen LogP contribution in [-0.4, -0.2) is 11.7 Å². The van der Waals surface area contributed by atoms with Crippen LogP contribution in [0.15, 0.2) is 30.3 Å². The molecule has 1 heteroatoms. The van der Waals surface area contributed by atoms with Crippen molar-refractivity contribution >= 4 is 0 Å². The van der Waals surface area contributed by atoms with E-state index in [1.54, 1.807) is 0 Å². The van der Waals surface area contributed by atoms with Crippen LogP contribution in [0.1, 0.15) is 45.1 Å². The fraction of sp³-hybridized carbons (Fsp3) is 0.600. The average Bonchev–Trinajstić information content (AvgIpc) is 2.36. The molecular formula is C15H24O. The van der Waals surface area contributed by atoms with Crippen LogP contribution in [0, 0.1) is 5.41 Å². The monoisotopic (exact) mass is 220 g/mol. The van der Waals surface area contributed by atoms with Gasteiger partial charge < -0.3 is 5.11 Å². The zero-order valence-corrected chi connectivity index (χ0v) is 10.6. The lowest BCUT2D eigenvalue weighted by Gasteiger charge is -2.25. The highest BCUT2D eigenvalue weighted by Gasteiger charge is 2.19. The third-order valence-corrected chi connectivity index (χ3v) is 3.57. The molecule has 1 nitrogen and oxygen atoms in total. The molecule has 0 unspecified atom stereocenters. The van der Waals surface area contributed by atoms with Crippen molar-refractivity contribution in [2.45, 2.75) is 46.0 Å².